The van der Waals surface area contributed by atoms with E-state index in [9.17, 15) is 4.39 Å². The lowest BCUT2D eigenvalue weighted by Crippen LogP contribution is -2.15. The zero-order valence-electron chi connectivity index (χ0n) is 8.05. The molecule has 1 aliphatic heterocycles. The van der Waals surface area contributed by atoms with Crippen LogP contribution in [0, 0.1) is 11.7 Å². The highest BCUT2D eigenvalue weighted by atomic mass is 35.5. The van der Waals surface area contributed by atoms with E-state index in [2.05, 4.69) is 0 Å². The van der Waals surface area contributed by atoms with Crippen LogP contribution >= 0.6 is 35.0 Å². The second kappa shape index (κ2) is 4.94. The Morgan fingerprint density at radius 3 is 2.87 bits per heavy atom. The molecule has 1 aromatic rings. The molecule has 0 spiro atoms. The van der Waals surface area contributed by atoms with Gasteiger partial charge in [0.2, 0.25) is 0 Å². The van der Waals surface area contributed by atoms with Gasteiger partial charge in [0.1, 0.15) is 5.82 Å². The Labute approximate surface area is 103 Å². The van der Waals surface area contributed by atoms with Crippen molar-refractivity contribution < 1.29 is 4.39 Å². The fourth-order valence-corrected chi connectivity index (χ4v) is 3.78. The molecule has 0 bridgehead atoms. The predicted octanol–water partition coefficient (Wildman–Crippen LogP) is 3.99. The van der Waals surface area contributed by atoms with Gasteiger partial charge in [-0.1, -0.05) is 23.7 Å². The standard InChI is InChI=1S/C11H11Cl2FS/c12-9-3-1-2-7(11(9)14)4-8-5-15-6-10(8)13/h1-3,8,10H,4-6H2. The van der Waals surface area contributed by atoms with Crippen LogP contribution in [0.5, 0.6) is 0 Å². The Bertz CT molecular complexity index is 356. The van der Waals surface area contributed by atoms with E-state index in [1.807, 2.05) is 11.8 Å². The van der Waals surface area contributed by atoms with Crippen LogP contribution in [0.15, 0.2) is 18.2 Å². The fraction of sp³-hybridized carbons (Fsp3) is 0.455. The van der Waals surface area contributed by atoms with Gasteiger partial charge in [-0.25, -0.2) is 4.39 Å². The molecule has 4 heteroatoms. The minimum atomic E-state index is -0.292. The van der Waals surface area contributed by atoms with Crippen LogP contribution in [0.2, 0.25) is 5.02 Å². The molecule has 1 saturated heterocycles. The number of thioether (sulfide) groups is 1. The summed E-state index contributed by atoms with van der Waals surface area (Å²) in [6.07, 6.45) is 0.688. The highest BCUT2D eigenvalue weighted by molar-refractivity contribution is 7.99. The summed E-state index contributed by atoms with van der Waals surface area (Å²) >= 11 is 13.7. The predicted molar refractivity (Wildman–Crippen MR) is 65.6 cm³/mol. The highest BCUT2D eigenvalue weighted by Gasteiger charge is 2.26. The molecular weight excluding hydrogens is 254 g/mol. The van der Waals surface area contributed by atoms with Gasteiger partial charge in [-0.15, -0.1) is 11.6 Å². The van der Waals surface area contributed by atoms with Gasteiger partial charge in [0, 0.05) is 11.1 Å². The molecule has 1 fully saturated rings. The van der Waals surface area contributed by atoms with Crippen LogP contribution < -0.4 is 0 Å². The van der Waals surface area contributed by atoms with Crippen LogP contribution in [0.25, 0.3) is 0 Å². The topological polar surface area (TPSA) is 0 Å². The molecule has 0 aromatic heterocycles. The zero-order valence-corrected chi connectivity index (χ0v) is 10.4. The fourth-order valence-electron chi connectivity index (χ4n) is 1.75. The molecule has 2 unspecified atom stereocenters. The van der Waals surface area contributed by atoms with Gasteiger partial charge in [-0.2, -0.15) is 11.8 Å². The maximum absolute atomic E-state index is 13.6. The summed E-state index contributed by atoms with van der Waals surface area (Å²) in [4.78, 5) is 0. The average Bonchev–Trinajstić information content (AvgIpc) is 2.60. The summed E-state index contributed by atoms with van der Waals surface area (Å²) in [5.41, 5.74) is 0.681. The minimum absolute atomic E-state index is 0.161. The maximum Gasteiger partial charge on any atom is 0.144 e. The molecule has 0 radical (unpaired) electrons. The quantitative estimate of drug-likeness (QED) is 0.728. The van der Waals surface area contributed by atoms with Gasteiger partial charge in [0.15, 0.2) is 0 Å². The Morgan fingerprint density at radius 2 is 2.20 bits per heavy atom. The normalized spacial score (nSPS) is 25.8. The van der Waals surface area contributed by atoms with Crippen molar-refractivity contribution >= 4 is 35.0 Å². The second-order valence-corrected chi connectivity index (χ2v) is 5.77. The summed E-state index contributed by atoms with van der Waals surface area (Å²) < 4.78 is 13.6. The van der Waals surface area contributed by atoms with E-state index in [1.54, 1.807) is 18.2 Å². The molecule has 1 heterocycles. The van der Waals surface area contributed by atoms with Gasteiger partial charge in [0.05, 0.1) is 5.02 Å². The van der Waals surface area contributed by atoms with E-state index < -0.39 is 0 Å². The number of rotatable bonds is 2. The van der Waals surface area contributed by atoms with E-state index >= 15 is 0 Å². The Morgan fingerprint density at radius 1 is 1.40 bits per heavy atom. The summed E-state index contributed by atoms with van der Waals surface area (Å²) in [6, 6.07) is 5.14. The molecule has 2 atom stereocenters. The summed E-state index contributed by atoms with van der Waals surface area (Å²) in [5.74, 6) is 2.05. The first-order valence-electron chi connectivity index (χ1n) is 4.83. The van der Waals surface area contributed by atoms with E-state index in [0.717, 1.165) is 11.5 Å². The van der Waals surface area contributed by atoms with E-state index in [4.69, 9.17) is 23.2 Å². The molecule has 0 amide bonds. The summed E-state index contributed by atoms with van der Waals surface area (Å²) in [7, 11) is 0. The van der Waals surface area contributed by atoms with Gasteiger partial charge in [-0.3, -0.25) is 0 Å². The van der Waals surface area contributed by atoms with Crippen molar-refractivity contribution in [3.8, 4) is 0 Å². The van der Waals surface area contributed by atoms with Crippen molar-refractivity contribution in [1.29, 1.82) is 0 Å². The van der Waals surface area contributed by atoms with E-state index in [0.29, 0.717) is 17.9 Å². The molecule has 0 saturated carbocycles. The van der Waals surface area contributed by atoms with Crippen molar-refractivity contribution in [2.24, 2.45) is 5.92 Å². The van der Waals surface area contributed by atoms with Crippen LogP contribution in [0.4, 0.5) is 4.39 Å². The van der Waals surface area contributed by atoms with Gasteiger partial charge in [-0.05, 0) is 29.7 Å². The molecule has 2 rings (SSSR count). The Hall–Kier alpha value is 0.0800. The summed E-state index contributed by atoms with van der Waals surface area (Å²) in [6.45, 7) is 0. The third-order valence-corrected chi connectivity index (χ3v) is 4.88. The SMILES string of the molecule is Fc1c(Cl)cccc1CC1CSCC1Cl. The molecule has 1 aliphatic rings. The molecule has 0 N–H and O–H groups in total. The number of hydrogen-bond acceptors (Lipinski definition) is 1. The van der Waals surface area contributed by atoms with Gasteiger partial charge >= 0.3 is 0 Å². The maximum atomic E-state index is 13.6. The van der Waals surface area contributed by atoms with Crippen LogP contribution in [0.1, 0.15) is 5.56 Å². The Kier molecular flexibility index (Phi) is 3.81. The monoisotopic (exact) mass is 264 g/mol. The van der Waals surface area contributed by atoms with Crippen molar-refractivity contribution in [1.82, 2.24) is 0 Å². The minimum Gasteiger partial charge on any atom is -0.205 e. The first kappa shape index (κ1) is 11.6. The largest absolute Gasteiger partial charge is 0.205 e. The van der Waals surface area contributed by atoms with E-state index in [1.165, 1.54) is 0 Å². The lowest BCUT2D eigenvalue weighted by molar-refractivity contribution is 0.557. The highest BCUT2D eigenvalue weighted by Crippen LogP contribution is 2.32. The van der Waals surface area contributed by atoms with Crippen molar-refractivity contribution in [3.63, 3.8) is 0 Å². The molecule has 1 aromatic carbocycles. The Balaban J connectivity index is 2.13. The number of halogens is 3. The van der Waals surface area contributed by atoms with Crippen molar-refractivity contribution in [2.45, 2.75) is 11.8 Å². The smallest absolute Gasteiger partial charge is 0.144 e. The van der Waals surface area contributed by atoms with E-state index in [-0.39, 0.29) is 16.2 Å². The first-order valence-corrected chi connectivity index (χ1v) is 6.80. The number of alkyl halides is 1. The first-order chi connectivity index (χ1) is 7.18. The lowest BCUT2D eigenvalue weighted by atomic mass is 9.98. The number of hydrogen-bond donors (Lipinski definition) is 0. The lowest BCUT2D eigenvalue weighted by Gasteiger charge is -2.13. The zero-order chi connectivity index (χ0) is 10.8. The molecule has 15 heavy (non-hydrogen) atoms. The van der Waals surface area contributed by atoms with Crippen LogP contribution in [0.3, 0.4) is 0 Å². The van der Waals surface area contributed by atoms with Gasteiger partial charge < -0.3 is 0 Å². The second-order valence-electron chi connectivity index (χ2n) is 3.73. The molecule has 0 aliphatic carbocycles. The van der Waals surface area contributed by atoms with Gasteiger partial charge in [0.25, 0.3) is 0 Å². The molecule has 0 nitrogen and oxygen atoms in total. The molecular formula is C11H11Cl2FS. The molecule has 82 valence electrons. The number of benzene rings is 1. The summed E-state index contributed by atoms with van der Waals surface area (Å²) in [5, 5.41) is 0.359. The van der Waals surface area contributed by atoms with Crippen LogP contribution in [-0.4, -0.2) is 16.9 Å². The average molecular weight is 265 g/mol. The third kappa shape index (κ3) is 2.61. The van der Waals surface area contributed by atoms with Crippen LogP contribution in [-0.2, 0) is 6.42 Å². The van der Waals surface area contributed by atoms with Crippen molar-refractivity contribution in [3.05, 3.63) is 34.6 Å². The van der Waals surface area contributed by atoms with Crippen molar-refractivity contribution in [2.75, 3.05) is 11.5 Å². The third-order valence-electron chi connectivity index (χ3n) is 2.63.